The van der Waals surface area contributed by atoms with Crippen LogP contribution in [0.4, 0.5) is 0 Å². The van der Waals surface area contributed by atoms with E-state index >= 15 is 0 Å². The molecule has 2 nitrogen and oxygen atoms in total. The van der Waals surface area contributed by atoms with E-state index in [4.69, 9.17) is 0 Å². The summed E-state index contributed by atoms with van der Waals surface area (Å²) in [5.74, 6) is 0. The van der Waals surface area contributed by atoms with E-state index < -0.39 is 0 Å². The van der Waals surface area contributed by atoms with Gasteiger partial charge in [0.2, 0.25) is 0 Å². The summed E-state index contributed by atoms with van der Waals surface area (Å²) >= 11 is 0. The van der Waals surface area contributed by atoms with Crippen molar-refractivity contribution in [2.45, 2.75) is 104 Å². The molecule has 0 amide bonds. The molecule has 0 aromatic carbocycles. The highest BCUT2D eigenvalue weighted by Gasteiger charge is 2.26. The Morgan fingerprint density at radius 3 is 2.05 bits per heavy atom. The van der Waals surface area contributed by atoms with Gasteiger partial charge < -0.3 is 9.80 Å². The fourth-order valence-electron chi connectivity index (χ4n) is 3.24. The summed E-state index contributed by atoms with van der Waals surface area (Å²) in [7, 11) is 0. The molecule has 0 saturated carbocycles. The number of unbranched alkanes of at least 4 members (excludes halogenated alkanes) is 7. The van der Waals surface area contributed by atoms with E-state index in [0.29, 0.717) is 12.2 Å². The van der Waals surface area contributed by atoms with Crippen molar-refractivity contribution in [3.8, 4) is 0 Å². The number of nitrogens with zero attached hydrogens (tertiary/aromatic N) is 2. The van der Waals surface area contributed by atoms with Crippen molar-refractivity contribution in [1.82, 2.24) is 9.80 Å². The third kappa shape index (κ3) is 6.76. The van der Waals surface area contributed by atoms with Crippen molar-refractivity contribution >= 4 is 0 Å². The molecule has 0 fully saturated rings. The van der Waals surface area contributed by atoms with Crippen molar-refractivity contribution in [2.75, 3.05) is 6.54 Å². The smallest absolute Gasteiger partial charge is 0.101 e. The highest BCUT2D eigenvalue weighted by molar-refractivity contribution is 4.98. The van der Waals surface area contributed by atoms with Crippen LogP contribution in [0, 0.1) is 0 Å². The first-order valence-corrected chi connectivity index (χ1v) is 9.42. The molecule has 1 atom stereocenters. The molecule has 1 unspecified atom stereocenters. The standard InChI is InChI=1S/C19H38N2/c1-5-7-9-11-12-14-19-20(15-13-10-8-6-2)16-17-21(19)18(3)4/h16-19H,5-15H2,1-4H3. The highest BCUT2D eigenvalue weighted by atomic mass is 15.4. The van der Waals surface area contributed by atoms with Gasteiger partial charge in [0.15, 0.2) is 0 Å². The van der Waals surface area contributed by atoms with Crippen molar-refractivity contribution in [2.24, 2.45) is 0 Å². The SMILES string of the molecule is CCCCCCCC1N(CCCCCC)C=CN1C(C)C. The summed E-state index contributed by atoms with van der Waals surface area (Å²) in [5.41, 5.74) is 0. The summed E-state index contributed by atoms with van der Waals surface area (Å²) in [4.78, 5) is 5.15. The number of hydrogen-bond donors (Lipinski definition) is 0. The third-order valence-electron chi connectivity index (χ3n) is 4.59. The zero-order valence-electron chi connectivity index (χ0n) is 15.0. The van der Waals surface area contributed by atoms with Gasteiger partial charge in [-0.2, -0.15) is 0 Å². The van der Waals surface area contributed by atoms with Crippen LogP contribution in [0.5, 0.6) is 0 Å². The molecule has 124 valence electrons. The first-order chi connectivity index (χ1) is 10.2. The normalized spacial score (nSPS) is 18.2. The van der Waals surface area contributed by atoms with Crippen molar-refractivity contribution in [3.63, 3.8) is 0 Å². The topological polar surface area (TPSA) is 6.48 Å². The second kappa shape index (κ2) is 11.0. The maximum absolute atomic E-state index is 2.59. The molecule has 21 heavy (non-hydrogen) atoms. The van der Waals surface area contributed by atoms with Gasteiger partial charge in [-0.15, -0.1) is 0 Å². The molecule has 0 N–H and O–H groups in total. The molecule has 0 saturated heterocycles. The van der Waals surface area contributed by atoms with Gasteiger partial charge in [-0.05, 0) is 33.1 Å². The molecule has 0 radical (unpaired) electrons. The minimum atomic E-state index is 0.613. The molecule has 1 aliphatic heterocycles. The summed E-state index contributed by atoms with van der Waals surface area (Å²) in [6, 6.07) is 0.613. The van der Waals surface area contributed by atoms with E-state index in [0.717, 1.165) is 0 Å². The Morgan fingerprint density at radius 1 is 0.810 bits per heavy atom. The van der Waals surface area contributed by atoms with Crippen molar-refractivity contribution < 1.29 is 0 Å². The van der Waals surface area contributed by atoms with E-state index in [-0.39, 0.29) is 0 Å². The van der Waals surface area contributed by atoms with Gasteiger partial charge >= 0.3 is 0 Å². The van der Waals surface area contributed by atoms with Gasteiger partial charge in [-0.25, -0.2) is 0 Å². The molecule has 0 aromatic heterocycles. The molecule has 2 heteroatoms. The maximum Gasteiger partial charge on any atom is 0.101 e. The highest BCUT2D eigenvalue weighted by Crippen LogP contribution is 2.24. The van der Waals surface area contributed by atoms with Crippen molar-refractivity contribution in [3.05, 3.63) is 12.4 Å². The Labute approximate surface area is 133 Å². The van der Waals surface area contributed by atoms with Crippen LogP contribution in [0.1, 0.15) is 91.9 Å². The predicted octanol–water partition coefficient (Wildman–Crippen LogP) is 5.75. The summed E-state index contributed by atoms with van der Waals surface area (Å²) in [6.45, 7) is 10.4. The van der Waals surface area contributed by atoms with Crippen LogP contribution < -0.4 is 0 Å². The number of hydrogen-bond acceptors (Lipinski definition) is 2. The summed E-state index contributed by atoms with van der Waals surface area (Å²) < 4.78 is 0. The molecule has 0 spiro atoms. The summed E-state index contributed by atoms with van der Waals surface area (Å²) in [6.07, 6.45) is 19.0. The average molecular weight is 295 g/mol. The van der Waals surface area contributed by atoms with Gasteiger partial charge in [0, 0.05) is 25.0 Å². The molecule has 1 heterocycles. The quantitative estimate of drug-likeness (QED) is 0.423. The van der Waals surface area contributed by atoms with Gasteiger partial charge in [-0.1, -0.05) is 58.8 Å². The van der Waals surface area contributed by atoms with Gasteiger partial charge in [0.25, 0.3) is 0 Å². The second-order valence-corrected chi connectivity index (χ2v) is 6.82. The van der Waals surface area contributed by atoms with Gasteiger partial charge in [-0.3, -0.25) is 0 Å². The Balaban J connectivity index is 2.35. The third-order valence-corrected chi connectivity index (χ3v) is 4.59. The van der Waals surface area contributed by atoms with Crippen LogP contribution in [0.3, 0.4) is 0 Å². The second-order valence-electron chi connectivity index (χ2n) is 6.82. The lowest BCUT2D eigenvalue weighted by molar-refractivity contribution is 0.114. The fourth-order valence-corrected chi connectivity index (χ4v) is 3.24. The van der Waals surface area contributed by atoms with Crippen LogP contribution >= 0.6 is 0 Å². The molecular weight excluding hydrogens is 256 g/mol. The molecule has 1 aliphatic rings. The Kier molecular flexibility index (Phi) is 9.62. The van der Waals surface area contributed by atoms with Crippen LogP contribution in [-0.2, 0) is 0 Å². The van der Waals surface area contributed by atoms with Crippen LogP contribution in [0.2, 0.25) is 0 Å². The Morgan fingerprint density at radius 2 is 1.43 bits per heavy atom. The van der Waals surface area contributed by atoms with E-state index in [1.807, 2.05) is 0 Å². The van der Waals surface area contributed by atoms with E-state index in [1.54, 1.807) is 0 Å². The minimum absolute atomic E-state index is 0.613. The maximum atomic E-state index is 2.59. The average Bonchev–Trinajstić information content (AvgIpc) is 2.87. The van der Waals surface area contributed by atoms with E-state index in [1.165, 1.54) is 70.8 Å². The van der Waals surface area contributed by atoms with Crippen LogP contribution in [0.25, 0.3) is 0 Å². The molecular formula is C19H38N2. The van der Waals surface area contributed by atoms with E-state index in [2.05, 4.69) is 49.9 Å². The lowest BCUT2D eigenvalue weighted by Crippen LogP contribution is -2.42. The van der Waals surface area contributed by atoms with Gasteiger partial charge in [0.1, 0.15) is 6.17 Å². The Bertz CT molecular complexity index is 273. The Hall–Kier alpha value is -0.660. The zero-order chi connectivity index (χ0) is 15.5. The molecule has 0 aromatic rings. The predicted molar refractivity (Wildman–Crippen MR) is 94.1 cm³/mol. The largest absolute Gasteiger partial charge is 0.356 e. The van der Waals surface area contributed by atoms with E-state index in [9.17, 15) is 0 Å². The fraction of sp³-hybridized carbons (Fsp3) is 0.895. The lowest BCUT2D eigenvalue weighted by Gasteiger charge is -2.35. The molecule has 0 aliphatic carbocycles. The lowest BCUT2D eigenvalue weighted by atomic mass is 10.1. The monoisotopic (exact) mass is 294 g/mol. The first kappa shape index (κ1) is 18.4. The minimum Gasteiger partial charge on any atom is -0.356 e. The van der Waals surface area contributed by atoms with Crippen molar-refractivity contribution in [1.29, 1.82) is 0 Å². The number of rotatable bonds is 12. The summed E-state index contributed by atoms with van der Waals surface area (Å²) in [5, 5.41) is 0. The van der Waals surface area contributed by atoms with Crippen LogP contribution in [0.15, 0.2) is 12.4 Å². The zero-order valence-corrected chi connectivity index (χ0v) is 15.0. The molecule has 1 rings (SSSR count). The molecule has 0 bridgehead atoms. The first-order valence-electron chi connectivity index (χ1n) is 9.42. The van der Waals surface area contributed by atoms with Gasteiger partial charge in [0.05, 0.1) is 0 Å². The van der Waals surface area contributed by atoms with Crippen LogP contribution in [-0.4, -0.2) is 28.6 Å².